The summed E-state index contributed by atoms with van der Waals surface area (Å²) in [7, 11) is 3.71. The average Bonchev–Trinajstić information content (AvgIpc) is 3.13. The first kappa shape index (κ1) is 29.2. The van der Waals surface area contributed by atoms with E-state index in [1.807, 2.05) is 25.1 Å². The van der Waals surface area contributed by atoms with Crippen LogP contribution >= 0.6 is 11.6 Å². The van der Waals surface area contributed by atoms with Gasteiger partial charge in [-0.15, -0.1) is 0 Å². The molecule has 2 aliphatic rings. The quantitative estimate of drug-likeness (QED) is 0.310. The van der Waals surface area contributed by atoms with Gasteiger partial charge in [0.1, 0.15) is 11.7 Å². The summed E-state index contributed by atoms with van der Waals surface area (Å²) in [5.74, 6) is -2.44. The Labute approximate surface area is 233 Å². The molecule has 0 spiro atoms. The Bertz CT molecular complexity index is 1380. The SMILES string of the molecule is CN(C)C(NCCc1ccc(C(F)(F)F)c(Cl)c1)c1cccc(NC2=CC(=O)N(C3CCC(=O)NC3=O)C2=O)c1. The molecule has 2 heterocycles. The molecule has 2 unspecified atom stereocenters. The minimum atomic E-state index is -4.52. The third-order valence-corrected chi connectivity index (χ3v) is 6.88. The van der Waals surface area contributed by atoms with Gasteiger partial charge in [-0.1, -0.05) is 29.8 Å². The summed E-state index contributed by atoms with van der Waals surface area (Å²) < 4.78 is 38.9. The number of amides is 4. The Hall–Kier alpha value is -3.74. The van der Waals surface area contributed by atoms with E-state index in [1.54, 1.807) is 18.2 Å². The lowest BCUT2D eigenvalue weighted by Gasteiger charge is -2.28. The van der Waals surface area contributed by atoms with Gasteiger partial charge in [0, 0.05) is 24.7 Å². The topological polar surface area (TPSA) is 111 Å². The molecule has 0 aliphatic carbocycles. The molecule has 0 saturated carbocycles. The Morgan fingerprint density at radius 3 is 2.52 bits per heavy atom. The van der Waals surface area contributed by atoms with Crippen molar-refractivity contribution in [2.24, 2.45) is 0 Å². The molecular weight excluding hydrogens is 551 g/mol. The van der Waals surface area contributed by atoms with Crippen LogP contribution < -0.4 is 16.0 Å². The van der Waals surface area contributed by atoms with E-state index in [-0.39, 0.29) is 29.7 Å². The number of alkyl halides is 3. The summed E-state index contributed by atoms with van der Waals surface area (Å²) in [4.78, 5) is 51.9. The van der Waals surface area contributed by atoms with E-state index in [1.165, 1.54) is 12.1 Å². The van der Waals surface area contributed by atoms with Gasteiger partial charge < -0.3 is 5.32 Å². The van der Waals surface area contributed by atoms with Crippen LogP contribution in [0.4, 0.5) is 18.9 Å². The van der Waals surface area contributed by atoms with E-state index in [2.05, 4.69) is 16.0 Å². The number of hydrogen-bond donors (Lipinski definition) is 3. The molecule has 4 amide bonds. The first-order valence-corrected chi connectivity index (χ1v) is 12.8. The Morgan fingerprint density at radius 2 is 1.88 bits per heavy atom. The highest BCUT2D eigenvalue weighted by atomic mass is 35.5. The van der Waals surface area contributed by atoms with Crippen molar-refractivity contribution in [2.45, 2.75) is 37.6 Å². The molecule has 2 aliphatic heterocycles. The van der Waals surface area contributed by atoms with Gasteiger partial charge in [0.15, 0.2) is 0 Å². The Kier molecular flexibility index (Phi) is 8.62. The standard InChI is InChI=1S/C27H27ClF3N5O4/c1-35(2)24(32-11-10-15-6-7-18(19(28)12-15)27(29,30)31)16-4-3-5-17(13-16)33-20-14-23(38)36(26(20)40)21-8-9-22(37)34-25(21)39/h3-7,12-14,21,24,32-33H,8-11H2,1-2H3,(H,34,37,39). The van der Waals surface area contributed by atoms with Crippen LogP contribution in [0.25, 0.3) is 0 Å². The van der Waals surface area contributed by atoms with Gasteiger partial charge in [0.25, 0.3) is 11.8 Å². The normalized spacial score (nSPS) is 18.7. The summed E-state index contributed by atoms with van der Waals surface area (Å²) in [5, 5.41) is 8.11. The zero-order valence-corrected chi connectivity index (χ0v) is 22.4. The molecule has 2 aromatic rings. The van der Waals surface area contributed by atoms with Crippen LogP contribution in [0, 0.1) is 0 Å². The fourth-order valence-electron chi connectivity index (χ4n) is 4.64. The molecule has 9 nitrogen and oxygen atoms in total. The van der Waals surface area contributed by atoms with Crippen molar-refractivity contribution in [1.29, 1.82) is 0 Å². The number of nitrogens with one attached hydrogen (secondary N) is 3. The number of carbonyl (C=O) groups is 4. The van der Waals surface area contributed by atoms with Crippen molar-refractivity contribution < 1.29 is 32.3 Å². The first-order valence-electron chi connectivity index (χ1n) is 12.4. The second-order valence-electron chi connectivity index (χ2n) is 9.67. The molecule has 0 radical (unpaired) electrons. The summed E-state index contributed by atoms with van der Waals surface area (Å²) in [6, 6.07) is 9.77. The number of carbonyl (C=O) groups excluding carboxylic acids is 4. The molecule has 0 aromatic heterocycles. The number of nitrogens with zero attached hydrogens (tertiary/aromatic N) is 2. The summed E-state index contributed by atoms with van der Waals surface area (Å²) in [6.45, 7) is 0.432. The number of benzene rings is 2. The molecule has 2 atom stereocenters. The highest BCUT2D eigenvalue weighted by Gasteiger charge is 2.42. The van der Waals surface area contributed by atoms with Crippen molar-refractivity contribution in [3.8, 4) is 0 Å². The van der Waals surface area contributed by atoms with Crippen molar-refractivity contribution >= 4 is 40.9 Å². The van der Waals surface area contributed by atoms with Gasteiger partial charge in [-0.2, -0.15) is 13.2 Å². The van der Waals surface area contributed by atoms with Gasteiger partial charge in [-0.05, 0) is 62.3 Å². The predicted molar refractivity (Wildman–Crippen MR) is 141 cm³/mol. The van der Waals surface area contributed by atoms with E-state index >= 15 is 0 Å². The van der Waals surface area contributed by atoms with E-state index in [9.17, 15) is 32.3 Å². The molecule has 2 aromatic carbocycles. The maximum atomic E-state index is 13.0. The minimum Gasteiger partial charge on any atom is -0.351 e. The number of hydrogen-bond acceptors (Lipinski definition) is 7. The molecule has 1 saturated heterocycles. The summed E-state index contributed by atoms with van der Waals surface area (Å²) >= 11 is 5.83. The predicted octanol–water partition coefficient (Wildman–Crippen LogP) is 3.22. The number of anilines is 1. The van der Waals surface area contributed by atoms with Crippen LogP contribution in [0.2, 0.25) is 5.02 Å². The van der Waals surface area contributed by atoms with Crippen LogP contribution in [-0.2, 0) is 31.8 Å². The van der Waals surface area contributed by atoms with Crippen molar-refractivity contribution in [1.82, 2.24) is 20.4 Å². The van der Waals surface area contributed by atoms with E-state index < -0.39 is 41.4 Å². The lowest BCUT2D eigenvalue weighted by molar-refractivity contribution is -0.149. The number of rotatable bonds is 9. The Balaban J connectivity index is 1.41. The van der Waals surface area contributed by atoms with Gasteiger partial charge in [0.2, 0.25) is 11.8 Å². The lowest BCUT2D eigenvalue weighted by atomic mass is 10.0. The average molecular weight is 578 g/mol. The Morgan fingerprint density at radius 1 is 1.12 bits per heavy atom. The number of imide groups is 2. The second kappa shape index (κ2) is 11.8. The van der Waals surface area contributed by atoms with Crippen LogP contribution in [0.1, 0.15) is 35.7 Å². The number of halogens is 4. The zero-order valence-electron chi connectivity index (χ0n) is 21.6. The van der Waals surface area contributed by atoms with Crippen molar-refractivity contribution in [3.05, 3.63) is 76.0 Å². The molecule has 212 valence electrons. The molecule has 13 heteroatoms. The van der Waals surface area contributed by atoms with E-state index in [4.69, 9.17) is 11.6 Å². The van der Waals surface area contributed by atoms with Gasteiger partial charge in [0.05, 0.1) is 16.8 Å². The molecule has 3 N–H and O–H groups in total. The van der Waals surface area contributed by atoms with Gasteiger partial charge in [-0.25, -0.2) is 0 Å². The smallest absolute Gasteiger partial charge is 0.351 e. The largest absolute Gasteiger partial charge is 0.417 e. The van der Waals surface area contributed by atoms with E-state index in [0.29, 0.717) is 24.2 Å². The summed E-state index contributed by atoms with van der Waals surface area (Å²) in [5.41, 5.74) is 1.12. The molecule has 40 heavy (non-hydrogen) atoms. The lowest BCUT2D eigenvalue weighted by Crippen LogP contribution is -2.54. The van der Waals surface area contributed by atoms with Gasteiger partial charge in [-0.3, -0.25) is 39.6 Å². The second-order valence-corrected chi connectivity index (χ2v) is 10.1. The molecule has 1 fully saturated rings. The molecular formula is C27H27ClF3N5O4. The third kappa shape index (κ3) is 6.52. The maximum absolute atomic E-state index is 13.0. The fourth-order valence-corrected chi connectivity index (χ4v) is 4.95. The highest BCUT2D eigenvalue weighted by molar-refractivity contribution is 6.31. The zero-order chi connectivity index (χ0) is 29.2. The molecule has 4 rings (SSSR count). The maximum Gasteiger partial charge on any atom is 0.417 e. The summed E-state index contributed by atoms with van der Waals surface area (Å²) in [6.07, 6.45) is -3.16. The van der Waals surface area contributed by atoms with Crippen LogP contribution in [0.3, 0.4) is 0 Å². The fraction of sp³-hybridized carbons (Fsp3) is 0.333. The molecule has 0 bridgehead atoms. The van der Waals surface area contributed by atoms with Crippen LogP contribution in [0.5, 0.6) is 0 Å². The number of piperidine rings is 1. The minimum absolute atomic E-state index is 0.000365. The van der Waals surface area contributed by atoms with Crippen LogP contribution in [-0.4, -0.2) is 60.1 Å². The van der Waals surface area contributed by atoms with Crippen LogP contribution in [0.15, 0.2) is 54.2 Å². The van der Waals surface area contributed by atoms with E-state index in [0.717, 1.165) is 22.6 Å². The van der Waals surface area contributed by atoms with Gasteiger partial charge >= 0.3 is 6.18 Å². The van der Waals surface area contributed by atoms with Crippen molar-refractivity contribution in [3.63, 3.8) is 0 Å². The monoisotopic (exact) mass is 577 g/mol. The first-order chi connectivity index (χ1) is 18.8. The third-order valence-electron chi connectivity index (χ3n) is 6.56. The van der Waals surface area contributed by atoms with Crippen molar-refractivity contribution in [2.75, 3.05) is 26.0 Å². The highest BCUT2D eigenvalue weighted by Crippen LogP contribution is 2.35.